The first-order chi connectivity index (χ1) is 9.00. The molecule has 0 saturated carbocycles. The molecule has 0 bridgehead atoms. The van der Waals surface area contributed by atoms with Crippen LogP contribution in [0.3, 0.4) is 0 Å². The summed E-state index contributed by atoms with van der Waals surface area (Å²) in [6.07, 6.45) is 0. The highest BCUT2D eigenvalue weighted by Crippen LogP contribution is 2.54. The maximum absolute atomic E-state index is 11.8. The van der Waals surface area contributed by atoms with Crippen LogP contribution in [0.2, 0.25) is 0 Å². The molecule has 20 heavy (non-hydrogen) atoms. The Morgan fingerprint density at radius 1 is 0.950 bits per heavy atom. The average Bonchev–Trinajstić information content (AvgIpc) is 2.39. The molecule has 1 atom stereocenters. The van der Waals surface area contributed by atoms with E-state index in [2.05, 4.69) is 0 Å². The quantitative estimate of drug-likeness (QED) is 0.821. The molecule has 0 heterocycles. The van der Waals surface area contributed by atoms with Crippen LogP contribution in [-0.4, -0.2) is 16.8 Å². The highest BCUT2D eigenvalue weighted by molar-refractivity contribution is 8.93. The minimum Gasteiger partial charge on any atom is -0.357 e. The van der Waals surface area contributed by atoms with E-state index in [4.69, 9.17) is 0 Å². The van der Waals surface area contributed by atoms with Crippen LogP contribution in [0.1, 0.15) is 11.3 Å². The zero-order chi connectivity index (χ0) is 13.9. The summed E-state index contributed by atoms with van der Waals surface area (Å²) in [5.74, 6) is -0.976. The molecule has 2 aromatic rings. The van der Waals surface area contributed by atoms with Crippen LogP contribution in [0, 0.1) is 0 Å². The number of hydrogen-bond acceptors (Lipinski definition) is 2. The number of para-hydroxylation sites is 1. The second-order valence-corrected chi connectivity index (χ2v) is 5.99. The van der Waals surface area contributed by atoms with Crippen molar-refractivity contribution in [3.05, 3.63) is 66.2 Å². The van der Waals surface area contributed by atoms with Gasteiger partial charge in [0.25, 0.3) is 0 Å². The van der Waals surface area contributed by atoms with Gasteiger partial charge < -0.3 is 14.7 Å². The summed E-state index contributed by atoms with van der Waals surface area (Å²) in [6, 6.07) is 18.0. The van der Waals surface area contributed by atoms with Gasteiger partial charge in [0.05, 0.1) is 0 Å². The molecular formula is C14H17BrNO3P. The molecule has 2 aromatic carbocycles. The first kappa shape index (κ1) is 16.9. The lowest BCUT2D eigenvalue weighted by Gasteiger charge is -2.30. The minimum atomic E-state index is -4.29. The van der Waals surface area contributed by atoms with Crippen molar-refractivity contribution in [3.63, 3.8) is 0 Å². The van der Waals surface area contributed by atoms with Gasteiger partial charge in [-0.25, -0.2) is 0 Å². The highest BCUT2D eigenvalue weighted by atomic mass is 79.9. The summed E-state index contributed by atoms with van der Waals surface area (Å²) in [5.41, 5.74) is 1.36. The topological polar surface area (TPSA) is 60.8 Å². The Balaban J connectivity index is 0.00000200. The summed E-state index contributed by atoms with van der Waals surface area (Å²) in [4.78, 5) is 20.9. The van der Waals surface area contributed by atoms with Gasteiger partial charge in [-0.3, -0.25) is 4.57 Å². The molecule has 6 heteroatoms. The molecule has 108 valence electrons. The molecular weight excluding hydrogens is 341 g/mol. The standard InChI is InChI=1S/C14H16NO3P.BrH/c1-15(13-10-6-3-7-11-13)14(19(16,17)18)12-8-4-2-5-9-12;/h2-11,14H,1H3,(H2,16,17,18);1H. The van der Waals surface area contributed by atoms with Gasteiger partial charge >= 0.3 is 7.60 Å². The molecule has 2 rings (SSSR count). The smallest absolute Gasteiger partial charge is 0.352 e. The van der Waals surface area contributed by atoms with Crippen molar-refractivity contribution in [3.8, 4) is 0 Å². The van der Waals surface area contributed by atoms with E-state index in [0.717, 1.165) is 5.69 Å². The van der Waals surface area contributed by atoms with Crippen molar-refractivity contribution in [2.45, 2.75) is 5.78 Å². The fourth-order valence-electron chi connectivity index (χ4n) is 2.07. The van der Waals surface area contributed by atoms with Crippen LogP contribution in [0.4, 0.5) is 5.69 Å². The first-order valence-corrected chi connectivity index (χ1v) is 7.56. The van der Waals surface area contributed by atoms with Crippen molar-refractivity contribution < 1.29 is 14.4 Å². The molecule has 0 saturated heterocycles. The molecule has 0 aliphatic carbocycles. The summed E-state index contributed by atoms with van der Waals surface area (Å²) >= 11 is 0. The largest absolute Gasteiger partial charge is 0.357 e. The van der Waals surface area contributed by atoms with E-state index in [-0.39, 0.29) is 17.0 Å². The second kappa shape index (κ2) is 7.04. The number of halogens is 1. The van der Waals surface area contributed by atoms with Crippen molar-refractivity contribution in [1.29, 1.82) is 0 Å². The van der Waals surface area contributed by atoms with Gasteiger partial charge in [-0.15, -0.1) is 17.0 Å². The third-order valence-electron chi connectivity index (χ3n) is 2.95. The van der Waals surface area contributed by atoms with Crippen LogP contribution in [-0.2, 0) is 4.57 Å². The molecule has 4 nitrogen and oxygen atoms in total. The van der Waals surface area contributed by atoms with Crippen molar-refractivity contribution in [2.24, 2.45) is 0 Å². The molecule has 0 fully saturated rings. The maximum Gasteiger partial charge on any atom is 0.352 e. The van der Waals surface area contributed by atoms with Gasteiger partial charge in [0.15, 0.2) is 5.78 Å². The Morgan fingerprint density at radius 2 is 1.40 bits per heavy atom. The van der Waals surface area contributed by atoms with Gasteiger partial charge in [-0.05, 0) is 17.7 Å². The van der Waals surface area contributed by atoms with E-state index in [9.17, 15) is 14.4 Å². The van der Waals surface area contributed by atoms with E-state index in [1.807, 2.05) is 36.4 Å². The number of anilines is 1. The van der Waals surface area contributed by atoms with Crippen LogP contribution >= 0.6 is 24.6 Å². The van der Waals surface area contributed by atoms with Crippen molar-refractivity contribution in [2.75, 3.05) is 11.9 Å². The predicted molar refractivity (Wildman–Crippen MR) is 86.4 cm³/mol. The summed E-state index contributed by atoms with van der Waals surface area (Å²) in [6.45, 7) is 0. The Bertz CT molecular complexity index is 573. The van der Waals surface area contributed by atoms with Crippen LogP contribution in [0.25, 0.3) is 0 Å². The second-order valence-electron chi connectivity index (χ2n) is 4.32. The molecule has 0 aliphatic heterocycles. The van der Waals surface area contributed by atoms with Gasteiger partial charge in [0.2, 0.25) is 0 Å². The highest BCUT2D eigenvalue weighted by Gasteiger charge is 2.34. The summed E-state index contributed by atoms with van der Waals surface area (Å²) in [7, 11) is -2.61. The van der Waals surface area contributed by atoms with Gasteiger partial charge in [0.1, 0.15) is 0 Å². The Morgan fingerprint density at radius 3 is 1.85 bits per heavy atom. The monoisotopic (exact) mass is 357 g/mol. The third-order valence-corrected chi connectivity index (χ3v) is 4.23. The lowest BCUT2D eigenvalue weighted by molar-refractivity contribution is 0.358. The molecule has 0 aliphatic rings. The zero-order valence-corrected chi connectivity index (χ0v) is 13.6. The number of rotatable bonds is 4. The Hall–Kier alpha value is -1.13. The lowest BCUT2D eigenvalue weighted by atomic mass is 10.2. The fraction of sp³-hybridized carbons (Fsp3) is 0.143. The van der Waals surface area contributed by atoms with Crippen molar-refractivity contribution in [1.82, 2.24) is 0 Å². The van der Waals surface area contributed by atoms with Crippen LogP contribution < -0.4 is 4.90 Å². The van der Waals surface area contributed by atoms with Gasteiger partial charge in [-0.1, -0.05) is 48.5 Å². The SMILES string of the molecule is Br.CN(c1ccccc1)C(c1ccccc1)P(=O)(O)O. The molecule has 2 N–H and O–H groups in total. The summed E-state index contributed by atoms with van der Waals surface area (Å²) < 4.78 is 11.8. The number of benzene rings is 2. The molecule has 1 unspecified atom stereocenters. The number of nitrogens with zero attached hydrogens (tertiary/aromatic N) is 1. The normalized spacial score (nSPS) is 12.3. The maximum atomic E-state index is 11.8. The first-order valence-electron chi connectivity index (χ1n) is 5.88. The van der Waals surface area contributed by atoms with E-state index < -0.39 is 13.4 Å². The van der Waals surface area contributed by atoms with E-state index in [0.29, 0.717) is 5.56 Å². The average molecular weight is 358 g/mol. The lowest BCUT2D eigenvalue weighted by Crippen LogP contribution is -2.24. The Labute approximate surface area is 129 Å². The van der Waals surface area contributed by atoms with E-state index in [1.54, 1.807) is 36.2 Å². The Kier molecular flexibility index (Phi) is 5.96. The predicted octanol–water partition coefficient (Wildman–Crippen LogP) is 3.58. The van der Waals surface area contributed by atoms with Gasteiger partial charge in [0, 0.05) is 12.7 Å². The van der Waals surface area contributed by atoms with Crippen LogP contribution in [0.5, 0.6) is 0 Å². The molecule has 0 aromatic heterocycles. The third kappa shape index (κ3) is 3.93. The molecule has 0 radical (unpaired) electrons. The summed E-state index contributed by atoms with van der Waals surface area (Å²) in [5, 5.41) is 0. The van der Waals surface area contributed by atoms with Crippen molar-refractivity contribution >= 4 is 30.3 Å². The number of hydrogen-bond donors (Lipinski definition) is 2. The van der Waals surface area contributed by atoms with E-state index in [1.165, 1.54) is 0 Å². The fourth-order valence-corrected chi connectivity index (χ4v) is 3.22. The molecule has 0 amide bonds. The zero-order valence-electron chi connectivity index (χ0n) is 11.0. The van der Waals surface area contributed by atoms with Gasteiger partial charge in [-0.2, -0.15) is 0 Å². The van der Waals surface area contributed by atoms with Crippen LogP contribution in [0.15, 0.2) is 60.7 Å². The molecule has 0 spiro atoms. The van der Waals surface area contributed by atoms with E-state index >= 15 is 0 Å². The minimum absolute atomic E-state index is 0.